The van der Waals surface area contributed by atoms with Gasteiger partial charge in [0.2, 0.25) is 0 Å². The Balaban J connectivity index is 1.98. The molecule has 0 aromatic carbocycles. The van der Waals surface area contributed by atoms with E-state index in [-0.39, 0.29) is 18.0 Å². The molecule has 108 valence electrons. The molecule has 20 heavy (non-hydrogen) atoms. The first-order chi connectivity index (χ1) is 9.58. The van der Waals surface area contributed by atoms with Gasteiger partial charge in [-0.25, -0.2) is 5.43 Å². The minimum Gasteiger partial charge on any atom is -0.306 e. The van der Waals surface area contributed by atoms with Crippen molar-refractivity contribution in [2.24, 2.45) is 16.9 Å². The maximum atomic E-state index is 11.8. The summed E-state index contributed by atoms with van der Waals surface area (Å²) >= 11 is 0. The fourth-order valence-electron chi connectivity index (χ4n) is 2.64. The lowest BCUT2D eigenvalue weighted by Crippen LogP contribution is -2.32. The topological polar surface area (TPSA) is 63.5 Å². The second-order valence-corrected chi connectivity index (χ2v) is 5.47. The van der Waals surface area contributed by atoms with E-state index < -0.39 is 0 Å². The number of hydrogen-bond donors (Lipinski definition) is 1. The molecule has 0 aliphatic heterocycles. The van der Waals surface area contributed by atoms with Gasteiger partial charge in [0, 0.05) is 18.0 Å². The Kier molecular flexibility index (Phi) is 4.71. The van der Waals surface area contributed by atoms with E-state index in [1.807, 2.05) is 0 Å². The Hall–Kier alpha value is -1.91. The number of amides is 1. The lowest BCUT2D eigenvalue weighted by molar-refractivity contribution is -0.121. The molecule has 1 aromatic rings. The lowest BCUT2D eigenvalue weighted by atomic mass is 9.81. The van der Waals surface area contributed by atoms with Gasteiger partial charge in [0.25, 0.3) is 11.5 Å². The van der Waals surface area contributed by atoms with Crippen molar-refractivity contribution in [1.29, 1.82) is 0 Å². The molecule has 2 atom stereocenters. The average molecular weight is 275 g/mol. The summed E-state index contributed by atoms with van der Waals surface area (Å²) in [6.07, 6.45) is 5.06. The summed E-state index contributed by atoms with van der Waals surface area (Å²) in [6, 6.07) is 4.82. The second kappa shape index (κ2) is 6.50. The van der Waals surface area contributed by atoms with Gasteiger partial charge in [-0.2, -0.15) is 5.10 Å². The van der Waals surface area contributed by atoms with Crippen molar-refractivity contribution in [3.05, 3.63) is 34.7 Å². The van der Waals surface area contributed by atoms with E-state index in [1.165, 1.54) is 17.1 Å². The Labute approximate surface area is 118 Å². The Bertz CT molecular complexity index is 550. The molecule has 2 rings (SSSR count). The summed E-state index contributed by atoms with van der Waals surface area (Å²) in [5, 5.41) is 4.27. The number of carbonyl (C=O) groups excluding carboxylic acids is 1. The Morgan fingerprint density at radius 3 is 2.70 bits per heavy atom. The van der Waals surface area contributed by atoms with E-state index in [2.05, 4.69) is 24.4 Å². The van der Waals surface area contributed by atoms with Crippen LogP contribution in [0, 0.1) is 11.8 Å². The van der Waals surface area contributed by atoms with Crippen LogP contribution in [-0.4, -0.2) is 16.2 Å². The number of pyridine rings is 1. The van der Waals surface area contributed by atoms with E-state index in [9.17, 15) is 9.59 Å². The summed E-state index contributed by atoms with van der Waals surface area (Å²) < 4.78 is 1.36. The van der Waals surface area contributed by atoms with Gasteiger partial charge < -0.3 is 4.57 Å². The molecule has 1 aromatic heterocycles. The lowest BCUT2D eigenvalue weighted by Gasteiger charge is -2.26. The van der Waals surface area contributed by atoms with Gasteiger partial charge in [0.15, 0.2) is 0 Å². The van der Waals surface area contributed by atoms with Gasteiger partial charge in [-0.3, -0.25) is 9.59 Å². The second-order valence-electron chi connectivity index (χ2n) is 5.47. The van der Waals surface area contributed by atoms with Crippen molar-refractivity contribution >= 4 is 11.6 Å². The molecule has 0 bridgehead atoms. The smallest absolute Gasteiger partial charge is 0.260 e. The monoisotopic (exact) mass is 275 g/mol. The highest BCUT2D eigenvalue weighted by atomic mass is 16.2. The van der Waals surface area contributed by atoms with Crippen LogP contribution in [0.15, 0.2) is 34.3 Å². The molecule has 1 aliphatic carbocycles. The largest absolute Gasteiger partial charge is 0.306 e. The number of nitrogens with one attached hydrogen (secondary N) is 1. The fraction of sp³-hybridized carbons (Fsp3) is 0.533. The summed E-state index contributed by atoms with van der Waals surface area (Å²) in [5.41, 5.74) is 3.45. The van der Waals surface area contributed by atoms with Gasteiger partial charge in [0.1, 0.15) is 6.54 Å². The average Bonchev–Trinajstić information content (AvgIpc) is 2.41. The third-order valence-electron chi connectivity index (χ3n) is 3.81. The van der Waals surface area contributed by atoms with Crippen LogP contribution in [0.2, 0.25) is 0 Å². The third kappa shape index (κ3) is 3.56. The van der Waals surface area contributed by atoms with Crippen LogP contribution in [0.4, 0.5) is 0 Å². The van der Waals surface area contributed by atoms with Crippen molar-refractivity contribution in [2.75, 3.05) is 0 Å². The van der Waals surface area contributed by atoms with Crippen LogP contribution in [0.1, 0.15) is 33.1 Å². The van der Waals surface area contributed by atoms with Gasteiger partial charge in [0.05, 0.1) is 0 Å². The zero-order valence-corrected chi connectivity index (χ0v) is 12.0. The summed E-state index contributed by atoms with van der Waals surface area (Å²) in [4.78, 5) is 23.4. The van der Waals surface area contributed by atoms with Crippen molar-refractivity contribution in [1.82, 2.24) is 9.99 Å². The zero-order valence-electron chi connectivity index (χ0n) is 12.0. The molecule has 0 spiro atoms. The Morgan fingerprint density at radius 2 is 2.05 bits per heavy atom. The molecule has 1 aliphatic rings. The number of hydrazone groups is 1. The van der Waals surface area contributed by atoms with Gasteiger partial charge in [-0.05, 0) is 30.7 Å². The predicted octanol–water partition coefficient (Wildman–Crippen LogP) is 1.78. The van der Waals surface area contributed by atoms with Gasteiger partial charge in [-0.15, -0.1) is 0 Å². The highest BCUT2D eigenvalue weighted by Gasteiger charge is 2.23. The molecule has 1 saturated carbocycles. The maximum Gasteiger partial charge on any atom is 0.260 e. The zero-order chi connectivity index (χ0) is 14.5. The van der Waals surface area contributed by atoms with Crippen LogP contribution < -0.4 is 11.0 Å². The number of hydrogen-bond acceptors (Lipinski definition) is 3. The minimum absolute atomic E-state index is 0.000779. The van der Waals surface area contributed by atoms with Crippen LogP contribution in [0.3, 0.4) is 0 Å². The van der Waals surface area contributed by atoms with Crippen LogP contribution in [-0.2, 0) is 11.3 Å². The molecule has 0 saturated heterocycles. The van der Waals surface area contributed by atoms with Gasteiger partial charge >= 0.3 is 0 Å². The number of aromatic nitrogens is 1. The number of carbonyl (C=O) groups is 1. The first-order valence-corrected chi connectivity index (χ1v) is 7.09. The quantitative estimate of drug-likeness (QED) is 0.855. The molecule has 5 heteroatoms. The van der Waals surface area contributed by atoms with E-state index in [0.717, 1.165) is 18.6 Å². The Morgan fingerprint density at radius 1 is 1.35 bits per heavy atom. The molecule has 1 heterocycles. The van der Waals surface area contributed by atoms with E-state index in [1.54, 1.807) is 18.3 Å². The molecule has 1 amide bonds. The van der Waals surface area contributed by atoms with Gasteiger partial charge in [-0.1, -0.05) is 26.3 Å². The highest BCUT2D eigenvalue weighted by Crippen LogP contribution is 2.25. The molecule has 5 nitrogen and oxygen atoms in total. The van der Waals surface area contributed by atoms with Crippen LogP contribution in [0.25, 0.3) is 0 Å². The fourth-order valence-corrected chi connectivity index (χ4v) is 2.64. The minimum atomic E-state index is -0.268. The summed E-state index contributed by atoms with van der Waals surface area (Å²) in [5.74, 6) is 0.563. The first-order valence-electron chi connectivity index (χ1n) is 7.09. The standard InChI is InChI=1S/C15H21N3O2/c1-11-6-5-7-12(2)15(11)17-16-13(19)10-18-9-4-3-8-14(18)20/h3-4,8-9,11-12H,5-7,10H2,1-2H3,(H,16,19)/t11-,12+. The first kappa shape index (κ1) is 14.5. The summed E-state index contributed by atoms with van der Waals surface area (Å²) in [6.45, 7) is 4.28. The predicted molar refractivity (Wildman–Crippen MR) is 78.5 cm³/mol. The molecule has 0 radical (unpaired) electrons. The van der Waals surface area contributed by atoms with Crippen molar-refractivity contribution < 1.29 is 4.79 Å². The molecular formula is C15H21N3O2. The van der Waals surface area contributed by atoms with E-state index in [4.69, 9.17) is 0 Å². The highest BCUT2D eigenvalue weighted by molar-refractivity contribution is 5.90. The van der Waals surface area contributed by atoms with E-state index in [0.29, 0.717) is 11.8 Å². The molecule has 1 fully saturated rings. The molecule has 1 N–H and O–H groups in total. The van der Waals surface area contributed by atoms with Crippen molar-refractivity contribution in [3.8, 4) is 0 Å². The molecule has 0 unspecified atom stereocenters. The number of nitrogens with zero attached hydrogens (tertiary/aromatic N) is 2. The van der Waals surface area contributed by atoms with Crippen molar-refractivity contribution in [2.45, 2.75) is 39.7 Å². The molecular weight excluding hydrogens is 254 g/mol. The van der Waals surface area contributed by atoms with Crippen molar-refractivity contribution in [3.63, 3.8) is 0 Å². The number of rotatable bonds is 3. The SMILES string of the molecule is C[C@@H]1CCC[C@H](C)C1=NNC(=O)Cn1ccccc1=O. The van der Waals surface area contributed by atoms with Crippen LogP contribution >= 0.6 is 0 Å². The third-order valence-corrected chi connectivity index (χ3v) is 3.81. The van der Waals surface area contributed by atoms with Crippen LogP contribution in [0.5, 0.6) is 0 Å². The maximum absolute atomic E-state index is 11.8. The normalized spacial score (nSPS) is 24.6. The van der Waals surface area contributed by atoms with E-state index >= 15 is 0 Å². The summed E-state index contributed by atoms with van der Waals surface area (Å²) in [7, 11) is 0.